The Hall–Kier alpha value is -3.35. The van der Waals surface area contributed by atoms with Crippen LogP contribution in [-0.4, -0.2) is 46.1 Å². The summed E-state index contributed by atoms with van der Waals surface area (Å²) in [5.74, 6) is -1.64. The molecule has 25 heavy (non-hydrogen) atoms. The third-order valence-electron chi connectivity index (χ3n) is 3.41. The van der Waals surface area contributed by atoms with Crippen LogP contribution < -0.4 is 4.74 Å². The molecule has 0 unspecified atom stereocenters. The molecular formula is C18H18N2O5. The Balaban J connectivity index is 0.000000242. The highest BCUT2D eigenvalue weighted by Gasteiger charge is 2.14. The second kappa shape index (κ2) is 8.49. The van der Waals surface area contributed by atoms with Gasteiger partial charge in [0.05, 0.1) is 25.1 Å². The van der Waals surface area contributed by atoms with E-state index < -0.39 is 11.9 Å². The van der Waals surface area contributed by atoms with E-state index in [9.17, 15) is 9.59 Å². The maximum absolute atomic E-state index is 9.55. The van der Waals surface area contributed by atoms with Gasteiger partial charge in [-0.15, -0.1) is 0 Å². The lowest BCUT2D eigenvalue weighted by Gasteiger charge is -2.16. The first kappa shape index (κ1) is 18.0. The van der Waals surface area contributed by atoms with Crippen LogP contribution in [0.5, 0.6) is 5.75 Å². The van der Waals surface area contributed by atoms with Crippen molar-refractivity contribution < 1.29 is 24.5 Å². The number of carbonyl (C=O) groups is 2. The Morgan fingerprint density at radius 2 is 1.76 bits per heavy atom. The number of fused-ring (bicyclic) bond motifs is 1. The van der Waals surface area contributed by atoms with E-state index in [1.54, 1.807) is 7.11 Å². The second-order valence-corrected chi connectivity index (χ2v) is 5.06. The zero-order chi connectivity index (χ0) is 18.2. The van der Waals surface area contributed by atoms with E-state index in [2.05, 4.69) is 40.0 Å². The normalized spacial score (nSPS) is 12.6. The Bertz CT molecular complexity index is 787. The van der Waals surface area contributed by atoms with Crippen molar-refractivity contribution in [1.82, 2.24) is 4.57 Å². The molecular weight excluding hydrogens is 324 g/mol. The number of rotatable bonds is 4. The molecule has 1 aromatic heterocycles. The van der Waals surface area contributed by atoms with Gasteiger partial charge >= 0.3 is 11.9 Å². The minimum atomic E-state index is -1.26. The van der Waals surface area contributed by atoms with Gasteiger partial charge in [-0.25, -0.2) is 9.59 Å². The third-order valence-corrected chi connectivity index (χ3v) is 3.41. The molecule has 3 rings (SSSR count). The third kappa shape index (κ3) is 5.07. The molecule has 0 aliphatic carbocycles. The summed E-state index contributed by atoms with van der Waals surface area (Å²) in [5.41, 5.74) is 3.41. The van der Waals surface area contributed by atoms with E-state index in [0.29, 0.717) is 12.2 Å². The van der Waals surface area contributed by atoms with Crippen LogP contribution in [0.2, 0.25) is 0 Å². The highest BCUT2D eigenvalue weighted by molar-refractivity contribution is 6.12. The summed E-state index contributed by atoms with van der Waals surface area (Å²) in [4.78, 5) is 23.7. The predicted molar refractivity (Wildman–Crippen MR) is 92.3 cm³/mol. The zero-order valence-electron chi connectivity index (χ0n) is 13.6. The monoisotopic (exact) mass is 342 g/mol. The maximum atomic E-state index is 9.55. The SMILES string of the molecule is COc1ccc(C2=NCCn3cccc32)cc1.O=C(O)C=CC(=O)O. The summed E-state index contributed by atoms with van der Waals surface area (Å²) in [7, 11) is 1.68. The van der Waals surface area contributed by atoms with Crippen molar-refractivity contribution in [2.75, 3.05) is 13.7 Å². The molecule has 0 fully saturated rings. The molecule has 2 aromatic rings. The summed E-state index contributed by atoms with van der Waals surface area (Å²) < 4.78 is 7.41. The van der Waals surface area contributed by atoms with E-state index in [-0.39, 0.29) is 0 Å². The highest BCUT2D eigenvalue weighted by Crippen LogP contribution is 2.18. The first-order chi connectivity index (χ1) is 12.0. The van der Waals surface area contributed by atoms with Gasteiger partial charge < -0.3 is 19.5 Å². The van der Waals surface area contributed by atoms with Crippen LogP contribution in [0.25, 0.3) is 0 Å². The quantitative estimate of drug-likeness (QED) is 0.828. The highest BCUT2D eigenvalue weighted by atomic mass is 16.5. The molecule has 2 heterocycles. The van der Waals surface area contributed by atoms with Gasteiger partial charge in [0.25, 0.3) is 0 Å². The van der Waals surface area contributed by atoms with Crippen molar-refractivity contribution in [2.45, 2.75) is 6.54 Å². The summed E-state index contributed by atoms with van der Waals surface area (Å²) in [5, 5.41) is 15.6. The molecule has 0 spiro atoms. The smallest absolute Gasteiger partial charge is 0.328 e. The van der Waals surface area contributed by atoms with Gasteiger partial charge in [0.15, 0.2) is 0 Å². The fourth-order valence-corrected chi connectivity index (χ4v) is 2.31. The lowest BCUT2D eigenvalue weighted by Crippen LogP contribution is -2.18. The Kier molecular flexibility index (Phi) is 6.11. The van der Waals surface area contributed by atoms with E-state index >= 15 is 0 Å². The number of ether oxygens (including phenoxy) is 1. The van der Waals surface area contributed by atoms with Crippen molar-refractivity contribution in [3.63, 3.8) is 0 Å². The van der Waals surface area contributed by atoms with Gasteiger partial charge in [-0.3, -0.25) is 4.99 Å². The molecule has 0 amide bonds. The van der Waals surface area contributed by atoms with E-state index in [0.717, 1.165) is 30.1 Å². The average Bonchev–Trinajstić information content (AvgIpc) is 3.09. The minimum absolute atomic E-state index is 0.558. The number of nitrogens with zero attached hydrogens (tertiary/aromatic N) is 2. The molecule has 7 nitrogen and oxygen atoms in total. The molecule has 2 N–H and O–H groups in total. The van der Waals surface area contributed by atoms with E-state index in [4.69, 9.17) is 14.9 Å². The number of methoxy groups -OCH3 is 1. The largest absolute Gasteiger partial charge is 0.497 e. The molecule has 1 aromatic carbocycles. The van der Waals surface area contributed by atoms with Gasteiger partial charge in [-0.2, -0.15) is 0 Å². The molecule has 0 radical (unpaired) electrons. The van der Waals surface area contributed by atoms with Crippen LogP contribution in [0.15, 0.2) is 59.7 Å². The summed E-state index contributed by atoms with van der Waals surface area (Å²) in [6, 6.07) is 12.2. The van der Waals surface area contributed by atoms with Gasteiger partial charge in [-0.1, -0.05) is 0 Å². The molecule has 7 heteroatoms. The molecule has 1 aliphatic rings. The fraction of sp³-hybridized carbons (Fsp3) is 0.167. The minimum Gasteiger partial charge on any atom is -0.497 e. The van der Waals surface area contributed by atoms with Crippen molar-refractivity contribution in [3.8, 4) is 5.75 Å². The van der Waals surface area contributed by atoms with Crippen LogP contribution >= 0.6 is 0 Å². The number of hydrogen-bond acceptors (Lipinski definition) is 4. The summed E-state index contributed by atoms with van der Waals surface area (Å²) >= 11 is 0. The van der Waals surface area contributed by atoms with Crippen LogP contribution in [0, 0.1) is 0 Å². The number of carboxylic acid groups (broad SMARTS) is 2. The standard InChI is InChI=1S/C14H14N2O.C4H4O4/c1-17-12-6-4-11(5-7-12)14-13-3-2-9-16(13)10-8-15-14;5-3(6)1-2-4(7)8/h2-7,9H,8,10H2,1H3;1-2H,(H,5,6)(H,7,8). The number of carboxylic acids is 2. The second-order valence-electron chi connectivity index (χ2n) is 5.06. The van der Waals surface area contributed by atoms with Crippen LogP contribution in [-0.2, 0) is 16.1 Å². The fourth-order valence-electron chi connectivity index (χ4n) is 2.31. The van der Waals surface area contributed by atoms with Gasteiger partial charge in [0.2, 0.25) is 0 Å². The molecule has 1 aliphatic heterocycles. The first-order valence-corrected chi connectivity index (χ1v) is 7.49. The number of hydrogen-bond donors (Lipinski definition) is 2. The van der Waals surface area contributed by atoms with Crippen molar-refractivity contribution in [1.29, 1.82) is 0 Å². The first-order valence-electron chi connectivity index (χ1n) is 7.49. The van der Waals surface area contributed by atoms with Crippen LogP contribution in [0.1, 0.15) is 11.3 Å². The number of aliphatic imine (C=N–C) groups is 1. The zero-order valence-corrected chi connectivity index (χ0v) is 13.6. The maximum Gasteiger partial charge on any atom is 0.328 e. The van der Waals surface area contributed by atoms with Crippen molar-refractivity contribution in [2.24, 2.45) is 4.99 Å². The molecule has 0 saturated carbocycles. The van der Waals surface area contributed by atoms with Crippen LogP contribution in [0.4, 0.5) is 0 Å². The van der Waals surface area contributed by atoms with Crippen molar-refractivity contribution >= 4 is 17.7 Å². The van der Waals surface area contributed by atoms with Gasteiger partial charge in [0.1, 0.15) is 5.75 Å². The molecule has 0 atom stereocenters. The van der Waals surface area contributed by atoms with E-state index in [1.807, 2.05) is 12.1 Å². The predicted octanol–water partition coefficient (Wildman–Crippen LogP) is 2.06. The lowest BCUT2D eigenvalue weighted by molar-refractivity contribution is -0.134. The lowest BCUT2D eigenvalue weighted by atomic mass is 10.1. The Labute approximate surface area is 144 Å². The topological polar surface area (TPSA) is 101 Å². The molecule has 0 saturated heterocycles. The number of aromatic nitrogens is 1. The Morgan fingerprint density at radius 3 is 2.32 bits per heavy atom. The average molecular weight is 342 g/mol. The van der Waals surface area contributed by atoms with Crippen molar-refractivity contribution in [3.05, 3.63) is 66.0 Å². The summed E-state index contributed by atoms with van der Waals surface area (Å²) in [6.07, 6.45) is 3.22. The molecule has 130 valence electrons. The summed E-state index contributed by atoms with van der Waals surface area (Å²) in [6.45, 7) is 1.82. The number of aliphatic carboxylic acids is 2. The van der Waals surface area contributed by atoms with Gasteiger partial charge in [0, 0.05) is 30.5 Å². The number of benzene rings is 1. The van der Waals surface area contributed by atoms with Crippen LogP contribution in [0.3, 0.4) is 0 Å². The van der Waals surface area contributed by atoms with E-state index in [1.165, 1.54) is 5.69 Å². The Morgan fingerprint density at radius 1 is 1.12 bits per heavy atom. The van der Waals surface area contributed by atoms with Gasteiger partial charge in [-0.05, 0) is 36.4 Å². The molecule has 0 bridgehead atoms.